The van der Waals surface area contributed by atoms with Crippen molar-refractivity contribution in [3.63, 3.8) is 0 Å². The lowest BCUT2D eigenvalue weighted by Gasteiger charge is -2.47. The number of hydrogen-bond donors (Lipinski definition) is 0. The molecular weight excluding hydrogens is 292 g/mol. The van der Waals surface area contributed by atoms with Crippen LogP contribution in [0.5, 0.6) is 0 Å². The van der Waals surface area contributed by atoms with E-state index in [2.05, 4.69) is 16.0 Å². The summed E-state index contributed by atoms with van der Waals surface area (Å²) in [5.74, 6) is 0. The molecule has 0 saturated carbocycles. The Balaban J connectivity index is 1.57. The molecule has 0 atom stereocenters. The first-order valence-electron chi connectivity index (χ1n) is 8.29. The van der Waals surface area contributed by atoms with E-state index in [1.165, 1.54) is 5.56 Å². The third-order valence-electron chi connectivity index (χ3n) is 4.78. The number of carbonyl (C=O) groups excluding carboxylic acids is 1. The highest BCUT2D eigenvalue weighted by Gasteiger charge is 2.40. The molecule has 2 aliphatic heterocycles. The van der Waals surface area contributed by atoms with Crippen LogP contribution in [0, 0.1) is 0 Å². The fraction of sp³-hybridized carbons (Fsp3) is 0.647. The molecule has 126 valence electrons. The number of likely N-dealkylation sites (tertiary alicyclic amines) is 1. The zero-order valence-electron chi connectivity index (χ0n) is 14.1. The van der Waals surface area contributed by atoms with Crippen LogP contribution in [-0.2, 0) is 11.3 Å². The monoisotopic (exact) mass is 318 g/mol. The average Bonchev–Trinajstić information content (AvgIpc) is 2.56. The number of pyridine rings is 1. The topological polar surface area (TPSA) is 48.9 Å². The first kappa shape index (κ1) is 16.2. The molecule has 1 aromatic rings. The lowest BCUT2D eigenvalue weighted by atomic mass is 9.89. The number of urea groups is 1. The van der Waals surface area contributed by atoms with Gasteiger partial charge in [-0.2, -0.15) is 0 Å². The molecule has 23 heavy (non-hydrogen) atoms. The minimum atomic E-state index is -0.0937. The van der Waals surface area contributed by atoms with Crippen LogP contribution in [-0.4, -0.2) is 78.2 Å². The number of amides is 2. The van der Waals surface area contributed by atoms with Gasteiger partial charge in [0.05, 0.1) is 12.2 Å². The van der Waals surface area contributed by atoms with Crippen molar-refractivity contribution in [1.29, 1.82) is 0 Å². The molecule has 3 heterocycles. The first-order chi connectivity index (χ1) is 11.1. The van der Waals surface area contributed by atoms with Crippen LogP contribution >= 0.6 is 0 Å². The molecular formula is C17H26N4O2. The van der Waals surface area contributed by atoms with E-state index in [0.29, 0.717) is 0 Å². The number of morpholine rings is 1. The van der Waals surface area contributed by atoms with Crippen LogP contribution in [0.4, 0.5) is 4.79 Å². The third-order valence-corrected chi connectivity index (χ3v) is 4.78. The van der Waals surface area contributed by atoms with E-state index in [4.69, 9.17) is 4.74 Å². The van der Waals surface area contributed by atoms with Gasteiger partial charge in [0, 0.05) is 59.2 Å². The van der Waals surface area contributed by atoms with Crippen LogP contribution in [0.2, 0.25) is 0 Å². The molecule has 2 amide bonds. The molecule has 0 aromatic carbocycles. The molecule has 0 unspecified atom stereocenters. The standard InChI is InChI=1S/C17H26N4O2/c1-19(2)16(22)21-8-5-17(6-9-21)14-20(10-11-23-17)13-15-4-3-7-18-12-15/h3-4,7,12H,5-6,8-11,13-14H2,1-2H3. The Bertz CT molecular complexity index is 527. The van der Waals surface area contributed by atoms with E-state index in [0.717, 1.165) is 52.2 Å². The highest BCUT2D eigenvalue weighted by atomic mass is 16.5. The van der Waals surface area contributed by atoms with Crippen molar-refractivity contribution in [3.8, 4) is 0 Å². The number of piperidine rings is 1. The van der Waals surface area contributed by atoms with Gasteiger partial charge in [0.1, 0.15) is 0 Å². The summed E-state index contributed by atoms with van der Waals surface area (Å²) >= 11 is 0. The van der Waals surface area contributed by atoms with Gasteiger partial charge < -0.3 is 14.5 Å². The van der Waals surface area contributed by atoms with E-state index in [-0.39, 0.29) is 11.6 Å². The highest BCUT2D eigenvalue weighted by molar-refractivity contribution is 5.73. The number of carbonyl (C=O) groups is 1. The number of nitrogens with zero attached hydrogens (tertiary/aromatic N) is 4. The first-order valence-corrected chi connectivity index (χ1v) is 8.29. The van der Waals surface area contributed by atoms with Gasteiger partial charge in [-0.15, -0.1) is 0 Å². The minimum Gasteiger partial charge on any atom is -0.372 e. The zero-order chi connectivity index (χ0) is 16.3. The summed E-state index contributed by atoms with van der Waals surface area (Å²) in [5, 5.41) is 0. The van der Waals surface area contributed by atoms with Crippen molar-refractivity contribution in [3.05, 3.63) is 30.1 Å². The maximum absolute atomic E-state index is 12.1. The van der Waals surface area contributed by atoms with Gasteiger partial charge in [0.25, 0.3) is 0 Å². The summed E-state index contributed by atoms with van der Waals surface area (Å²) in [6.45, 7) is 5.12. The van der Waals surface area contributed by atoms with Crippen LogP contribution < -0.4 is 0 Å². The van der Waals surface area contributed by atoms with Crippen molar-refractivity contribution in [2.24, 2.45) is 0 Å². The molecule has 0 aliphatic carbocycles. The van der Waals surface area contributed by atoms with Gasteiger partial charge in [-0.05, 0) is 24.5 Å². The Kier molecular flexibility index (Phi) is 4.82. The van der Waals surface area contributed by atoms with Gasteiger partial charge >= 0.3 is 6.03 Å². The number of ether oxygens (including phenoxy) is 1. The van der Waals surface area contributed by atoms with Crippen LogP contribution in [0.15, 0.2) is 24.5 Å². The van der Waals surface area contributed by atoms with E-state index >= 15 is 0 Å². The normalized spacial score (nSPS) is 21.4. The van der Waals surface area contributed by atoms with Crippen molar-refractivity contribution in [2.45, 2.75) is 25.0 Å². The highest BCUT2D eigenvalue weighted by Crippen LogP contribution is 2.31. The SMILES string of the molecule is CN(C)C(=O)N1CCC2(CC1)CN(Cc1cccnc1)CCO2. The molecule has 6 nitrogen and oxygen atoms in total. The Labute approximate surface area is 138 Å². The maximum Gasteiger partial charge on any atom is 0.319 e. The molecule has 1 spiro atoms. The van der Waals surface area contributed by atoms with Gasteiger partial charge in [-0.1, -0.05) is 6.07 Å². The summed E-state index contributed by atoms with van der Waals surface area (Å²) in [6.07, 6.45) is 5.56. The minimum absolute atomic E-state index is 0.0937. The average molecular weight is 318 g/mol. The lowest BCUT2D eigenvalue weighted by Crippen LogP contribution is -2.58. The van der Waals surface area contributed by atoms with E-state index in [1.807, 2.05) is 23.4 Å². The second-order valence-corrected chi connectivity index (χ2v) is 6.77. The van der Waals surface area contributed by atoms with Crippen molar-refractivity contribution < 1.29 is 9.53 Å². The zero-order valence-corrected chi connectivity index (χ0v) is 14.1. The van der Waals surface area contributed by atoms with Gasteiger partial charge in [0.15, 0.2) is 0 Å². The predicted octanol–water partition coefficient (Wildman–Crippen LogP) is 1.43. The number of rotatable bonds is 2. The molecule has 3 rings (SSSR count). The largest absolute Gasteiger partial charge is 0.372 e. The molecule has 1 aromatic heterocycles. The number of aromatic nitrogens is 1. The van der Waals surface area contributed by atoms with Crippen LogP contribution in [0.1, 0.15) is 18.4 Å². The van der Waals surface area contributed by atoms with Crippen molar-refractivity contribution in [2.75, 3.05) is 46.9 Å². The second-order valence-electron chi connectivity index (χ2n) is 6.77. The smallest absolute Gasteiger partial charge is 0.319 e. The maximum atomic E-state index is 12.1. The fourth-order valence-electron chi connectivity index (χ4n) is 3.50. The Hall–Kier alpha value is -1.66. The molecule has 2 fully saturated rings. The third kappa shape index (κ3) is 3.82. The van der Waals surface area contributed by atoms with Crippen molar-refractivity contribution in [1.82, 2.24) is 19.7 Å². The summed E-state index contributed by atoms with van der Waals surface area (Å²) in [5.41, 5.74) is 1.15. The fourth-order valence-corrected chi connectivity index (χ4v) is 3.50. The molecule has 2 aliphatic rings. The predicted molar refractivity (Wildman–Crippen MR) is 88.1 cm³/mol. The molecule has 6 heteroatoms. The molecule has 0 bridgehead atoms. The number of hydrogen-bond acceptors (Lipinski definition) is 4. The van der Waals surface area contributed by atoms with Crippen LogP contribution in [0.3, 0.4) is 0 Å². The summed E-state index contributed by atoms with van der Waals surface area (Å²) in [6, 6.07) is 4.20. The molecule has 0 N–H and O–H groups in total. The molecule has 2 saturated heterocycles. The lowest BCUT2D eigenvalue weighted by molar-refractivity contribution is -0.134. The van der Waals surface area contributed by atoms with E-state index in [9.17, 15) is 4.79 Å². The second kappa shape index (κ2) is 6.84. The quantitative estimate of drug-likeness (QED) is 0.828. The van der Waals surface area contributed by atoms with E-state index < -0.39 is 0 Å². The van der Waals surface area contributed by atoms with Crippen LogP contribution in [0.25, 0.3) is 0 Å². The van der Waals surface area contributed by atoms with Gasteiger partial charge in [-0.3, -0.25) is 9.88 Å². The van der Waals surface area contributed by atoms with E-state index in [1.54, 1.807) is 19.0 Å². The summed E-state index contributed by atoms with van der Waals surface area (Å²) < 4.78 is 6.15. The van der Waals surface area contributed by atoms with Gasteiger partial charge in [0.2, 0.25) is 0 Å². The van der Waals surface area contributed by atoms with Gasteiger partial charge in [-0.25, -0.2) is 4.79 Å². The molecule has 0 radical (unpaired) electrons. The summed E-state index contributed by atoms with van der Waals surface area (Å²) in [7, 11) is 3.61. The van der Waals surface area contributed by atoms with Crippen molar-refractivity contribution >= 4 is 6.03 Å². The summed E-state index contributed by atoms with van der Waals surface area (Å²) in [4.78, 5) is 22.3. The Morgan fingerprint density at radius 2 is 2.13 bits per heavy atom. The Morgan fingerprint density at radius 1 is 1.35 bits per heavy atom. The Morgan fingerprint density at radius 3 is 2.78 bits per heavy atom.